The number of likely N-dealkylation sites (tertiary alicyclic amines) is 1. The van der Waals surface area contributed by atoms with Gasteiger partial charge in [-0.2, -0.15) is 5.26 Å². The van der Waals surface area contributed by atoms with Gasteiger partial charge in [-0.3, -0.25) is 9.69 Å². The molecule has 72 valence electrons. The van der Waals surface area contributed by atoms with Gasteiger partial charge in [-0.15, -0.1) is 0 Å². The van der Waals surface area contributed by atoms with Gasteiger partial charge < -0.3 is 10.8 Å². The van der Waals surface area contributed by atoms with E-state index in [1.54, 1.807) is 11.8 Å². The monoisotopic (exact) mass is 183 g/mol. The normalized spacial score (nSPS) is 31.2. The Kier molecular flexibility index (Phi) is 2.55. The molecular formula is C8H13N3O2. The summed E-state index contributed by atoms with van der Waals surface area (Å²) in [7, 11) is 0. The minimum Gasteiger partial charge on any atom is -0.480 e. The van der Waals surface area contributed by atoms with Crippen LogP contribution in [0.3, 0.4) is 0 Å². The molecule has 2 atom stereocenters. The maximum Gasteiger partial charge on any atom is 0.325 e. The number of hydrogen-bond acceptors (Lipinski definition) is 4. The molecule has 1 fully saturated rings. The highest BCUT2D eigenvalue weighted by Crippen LogP contribution is 2.20. The zero-order chi connectivity index (χ0) is 10.1. The number of nitrogens with two attached hydrogens (primary N) is 1. The molecule has 5 heteroatoms. The van der Waals surface area contributed by atoms with Crippen LogP contribution in [0.2, 0.25) is 0 Å². The Labute approximate surface area is 76.7 Å². The van der Waals surface area contributed by atoms with Crippen LogP contribution in [0.1, 0.15) is 13.3 Å². The van der Waals surface area contributed by atoms with Crippen LogP contribution < -0.4 is 5.73 Å². The number of rotatable bonds is 2. The Morgan fingerprint density at radius 1 is 1.85 bits per heavy atom. The number of carbonyl (C=O) groups is 1. The van der Waals surface area contributed by atoms with Gasteiger partial charge in [0.2, 0.25) is 0 Å². The number of hydrogen-bond donors (Lipinski definition) is 2. The molecule has 0 aromatic heterocycles. The quantitative estimate of drug-likeness (QED) is 0.595. The minimum atomic E-state index is -1.16. The van der Waals surface area contributed by atoms with Gasteiger partial charge >= 0.3 is 5.97 Å². The van der Waals surface area contributed by atoms with E-state index >= 15 is 0 Å². The van der Waals surface area contributed by atoms with E-state index in [2.05, 4.69) is 6.07 Å². The maximum atomic E-state index is 10.7. The van der Waals surface area contributed by atoms with E-state index in [0.717, 1.165) is 0 Å². The van der Waals surface area contributed by atoms with Crippen LogP contribution in [-0.2, 0) is 4.79 Å². The molecule has 1 saturated heterocycles. The summed E-state index contributed by atoms with van der Waals surface area (Å²) in [6, 6.07) is 1.80. The van der Waals surface area contributed by atoms with Crippen molar-refractivity contribution < 1.29 is 9.90 Å². The van der Waals surface area contributed by atoms with Crippen molar-refractivity contribution in [1.82, 2.24) is 4.90 Å². The smallest absolute Gasteiger partial charge is 0.325 e. The van der Waals surface area contributed by atoms with Gasteiger partial charge in [-0.25, -0.2) is 0 Å². The predicted octanol–water partition coefficient (Wildman–Crippen LogP) is -0.614. The van der Waals surface area contributed by atoms with Crippen molar-refractivity contribution in [2.45, 2.75) is 24.9 Å². The first-order valence-corrected chi connectivity index (χ1v) is 4.15. The average Bonchev–Trinajstić information content (AvgIpc) is 2.48. The van der Waals surface area contributed by atoms with Crippen molar-refractivity contribution in [3.63, 3.8) is 0 Å². The molecule has 0 bridgehead atoms. The third-order valence-corrected chi connectivity index (χ3v) is 2.49. The van der Waals surface area contributed by atoms with E-state index in [9.17, 15) is 4.79 Å². The second-order valence-corrected chi connectivity index (χ2v) is 3.49. The van der Waals surface area contributed by atoms with E-state index in [0.29, 0.717) is 13.0 Å². The Morgan fingerprint density at radius 2 is 2.46 bits per heavy atom. The van der Waals surface area contributed by atoms with Crippen molar-refractivity contribution in [3.8, 4) is 6.07 Å². The first-order valence-electron chi connectivity index (χ1n) is 4.15. The highest BCUT2D eigenvalue weighted by atomic mass is 16.4. The summed E-state index contributed by atoms with van der Waals surface area (Å²) in [6.45, 7) is 2.59. The third-order valence-electron chi connectivity index (χ3n) is 2.49. The standard InChI is InChI=1S/C8H13N3O2/c1-6(4-9)11-3-2-8(10,5-11)7(12)13/h6H,2-3,5,10H2,1H3,(H,12,13). The van der Waals surface area contributed by atoms with Crippen molar-refractivity contribution in [2.24, 2.45) is 5.73 Å². The lowest BCUT2D eigenvalue weighted by Crippen LogP contribution is -2.50. The van der Waals surface area contributed by atoms with Crippen molar-refractivity contribution in [1.29, 1.82) is 5.26 Å². The Hall–Kier alpha value is -1.12. The molecule has 1 heterocycles. The van der Waals surface area contributed by atoms with E-state index in [1.165, 1.54) is 0 Å². The van der Waals surface area contributed by atoms with Crippen LogP contribution in [0.4, 0.5) is 0 Å². The Balaban J connectivity index is 2.64. The second kappa shape index (κ2) is 3.32. The van der Waals surface area contributed by atoms with E-state index in [4.69, 9.17) is 16.1 Å². The zero-order valence-corrected chi connectivity index (χ0v) is 7.53. The molecule has 13 heavy (non-hydrogen) atoms. The van der Waals surface area contributed by atoms with Gasteiger partial charge in [0.05, 0.1) is 12.1 Å². The minimum absolute atomic E-state index is 0.259. The van der Waals surface area contributed by atoms with Crippen LogP contribution in [0.5, 0.6) is 0 Å². The van der Waals surface area contributed by atoms with Crippen LogP contribution >= 0.6 is 0 Å². The van der Waals surface area contributed by atoms with Crippen LogP contribution in [0, 0.1) is 11.3 Å². The molecule has 0 aromatic rings. The highest BCUT2D eigenvalue weighted by Gasteiger charge is 2.42. The second-order valence-electron chi connectivity index (χ2n) is 3.49. The van der Waals surface area contributed by atoms with E-state index < -0.39 is 11.5 Å². The van der Waals surface area contributed by atoms with Crippen molar-refractivity contribution >= 4 is 5.97 Å². The average molecular weight is 183 g/mol. The molecule has 0 saturated carbocycles. The molecule has 0 aliphatic carbocycles. The fourth-order valence-electron chi connectivity index (χ4n) is 1.45. The lowest BCUT2D eigenvalue weighted by molar-refractivity contribution is -0.142. The van der Waals surface area contributed by atoms with Gasteiger partial charge in [0.1, 0.15) is 5.54 Å². The van der Waals surface area contributed by atoms with Crippen LogP contribution in [0.25, 0.3) is 0 Å². The molecule has 0 aromatic carbocycles. The van der Waals surface area contributed by atoms with Gasteiger partial charge in [0.15, 0.2) is 0 Å². The predicted molar refractivity (Wildman–Crippen MR) is 45.8 cm³/mol. The molecule has 1 aliphatic rings. The summed E-state index contributed by atoms with van der Waals surface area (Å²) < 4.78 is 0. The topological polar surface area (TPSA) is 90.4 Å². The number of nitrogens with zero attached hydrogens (tertiary/aromatic N) is 2. The number of carboxylic acid groups (broad SMARTS) is 1. The summed E-state index contributed by atoms with van der Waals surface area (Å²) in [6.07, 6.45) is 0.411. The molecule has 1 rings (SSSR count). The van der Waals surface area contributed by atoms with Crippen LogP contribution in [-0.4, -0.2) is 40.6 Å². The maximum absolute atomic E-state index is 10.7. The molecule has 2 unspecified atom stereocenters. The molecular weight excluding hydrogens is 170 g/mol. The van der Waals surface area contributed by atoms with Crippen molar-refractivity contribution in [2.75, 3.05) is 13.1 Å². The van der Waals surface area contributed by atoms with E-state index in [-0.39, 0.29) is 12.6 Å². The highest BCUT2D eigenvalue weighted by molar-refractivity contribution is 5.79. The lowest BCUT2D eigenvalue weighted by atomic mass is 10.0. The largest absolute Gasteiger partial charge is 0.480 e. The molecule has 0 amide bonds. The first kappa shape index (κ1) is 9.96. The zero-order valence-electron chi connectivity index (χ0n) is 7.53. The fourth-order valence-corrected chi connectivity index (χ4v) is 1.45. The first-order chi connectivity index (χ1) is 5.99. The summed E-state index contributed by atoms with van der Waals surface area (Å²) >= 11 is 0. The number of aliphatic carboxylic acids is 1. The third kappa shape index (κ3) is 1.79. The SMILES string of the molecule is CC(C#N)N1CCC(N)(C(=O)O)C1. The summed E-state index contributed by atoms with van der Waals surface area (Å²) in [5, 5.41) is 17.4. The van der Waals surface area contributed by atoms with E-state index in [1.807, 2.05) is 0 Å². The molecule has 0 radical (unpaired) electrons. The molecule has 5 nitrogen and oxygen atoms in total. The fraction of sp³-hybridized carbons (Fsp3) is 0.750. The van der Waals surface area contributed by atoms with Gasteiger partial charge in [0.25, 0.3) is 0 Å². The summed E-state index contributed by atoms with van der Waals surface area (Å²) in [5.74, 6) is -0.986. The number of carboxylic acids is 1. The lowest BCUT2D eigenvalue weighted by Gasteiger charge is -2.21. The van der Waals surface area contributed by atoms with Gasteiger partial charge in [0, 0.05) is 13.1 Å². The molecule has 1 aliphatic heterocycles. The van der Waals surface area contributed by atoms with Gasteiger partial charge in [-0.05, 0) is 13.3 Å². The summed E-state index contributed by atoms with van der Waals surface area (Å²) in [4.78, 5) is 12.5. The Morgan fingerprint density at radius 3 is 2.85 bits per heavy atom. The summed E-state index contributed by atoms with van der Waals surface area (Å²) in [5.41, 5.74) is 4.47. The molecule has 3 N–H and O–H groups in total. The van der Waals surface area contributed by atoms with Crippen LogP contribution in [0.15, 0.2) is 0 Å². The Bertz CT molecular complexity index is 261. The van der Waals surface area contributed by atoms with Gasteiger partial charge in [-0.1, -0.05) is 0 Å². The van der Waals surface area contributed by atoms with Crippen molar-refractivity contribution in [3.05, 3.63) is 0 Å². The number of nitriles is 1. The molecule has 0 spiro atoms.